The van der Waals surface area contributed by atoms with Crippen molar-refractivity contribution in [2.75, 3.05) is 11.9 Å². The van der Waals surface area contributed by atoms with Crippen LogP contribution in [0.4, 0.5) is 5.69 Å². The molecule has 0 spiro atoms. The van der Waals surface area contributed by atoms with Gasteiger partial charge in [-0.2, -0.15) is 0 Å². The highest BCUT2D eigenvalue weighted by atomic mass is 127. The van der Waals surface area contributed by atoms with E-state index in [2.05, 4.69) is 27.9 Å². The van der Waals surface area contributed by atoms with Crippen molar-refractivity contribution in [2.45, 2.75) is 6.92 Å². The van der Waals surface area contributed by atoms with E-state index >= 15 is 0 Å². The molecule has 2 aromatic carbocycles. The minimum absolute atomic E-state index is 0.128. The number of para-hydroxylation sites is 2. The molecule has 19 heavy (non-hydrogen) atoms. The molecule has 0 saturated carbocycles. The fourth-order valence-corrected chi connectivity index (χ4v) is 2.32. The summed E-state index contributed by atoms with van der Waals surface area (Å²) >= 11 is 2.15. The highest BCUT2D eigenvalue weighted by molar-refractivity contribution is 14.1. The zero-order valence-electron chi connectivity index (χ0n) is 10.5. The molecule has 3 nitrogen and oxygen atoms in total. The number of amides is 1. The fourth-order valence-electron chi connectivity index (χ4n) is 1.69. The van der Waals surface area contributed by atoms with E-state index in [1.807, 2.05) is 49.4 Å². The lowest BCUT2D eigenvalue weighted by Crippen LogP contribution is -2.14. The van der Waals surface area contributed by atoms with Gasteiger partial charge in [-0.05, 0) is 53.8 Å². The molecule has 98 valence electrons. The van der Waals surface area contributed by atoms with Crippen LogP contribution in [0.5, 0.6) is 5.75 Å². The predicted octanol–water partition coefficient (Wildman–Crippen LogP) is 3.94. The van der Waals surface area contributed by atoms with E-state index in [1.165, 1.54) is 0 Å². The van der Waals surface area contributed by atoms with Gasteiger partial charge in [0.25, 0.3) is 5.91 Å². The molecule has 0 aliphatic heterocycles. The topological polar surface area (TPSA) is 38.3 Å². The van der Waals surface area contributed by atoms with Gasteiger partial charge in [-0.25, -0.2) is 0 Å². The van der Waals surface area contributed by atoms with Gasteiger partial charge in [0.2, 0.25) is 0 Å². The largest absolute Gasteiger partial charge is 0.492 e. The maximum absolute atomic E-state index is 12.2. The first kappa shape index (κ1) is 13.9. The van der Waals surface area contributed by atoms with Crippen LogP contribution in [0, 0.1) is 3.57 Å². The van der Waals surface area contributed by atoms with E-state index in [1.54, 1.807) is 6.07 Å². The second-order valence-corrected chi connectivity index (χ2v) is 5.03. The lowest BCUT2D eigenvalue weighted by atomic mass is 10.2. The summed E-state index contributed by atoms with van der Waals surface area (Å²) in [5, 5.41) is 2.88. The van der Waals surface area contributed by atoms with Crippen molar-refractivity contribution in [1.29, 1.82) is 0 Å². The monoisotopic (exact) mass is 367 g/mol. The van der Waals surface area contributed by atoms with E-state index in [9.17, 15) is 4.79 Å². The number of hydrogen-bond acceptors (Lipinski definition) is 2. The number of halogens is 1. The van der Waals surface area contributed by atoms with Gasteiger partial charge in [0.05, 0.1) is 17.9 Å². The smallest absolute Gasteiger partial charge is 0.256 e. The summed E-state index contributed by atoms with van der Waals surface area (Å²) in [5.74, 6) is 0.557. The van der Waals surface area contributed by atoms with Crippen LogP contribution in [-0.2, 0) is 0 Å². The van der Waals surface area contributed by atoms with Gasteiger partial charge >= 0.3 is 0 Å². The SMILES string of the molecule is CCOc1ccccc1NC(=O)c1ccccc1I. The average molecular weight is 367 g/mol. The predicted molar refractivity (Wildman–Crippen MR) is 84.7 cm³/mol. The molecule has 0 aromatic heterocycles. The standard InChI is InChI=1S/C15H14INO2/c1-2-19-14-10-6-5-9-13(14)17-15(18)11-7-3-4-8-12(11)16/h3-10H,2H2,1H3,(H,17,18). The van der Waals surface area contributed by atoms with Gasteiger partial charge in [-0.15, -0.1) is 0 Å². The summed E-state index contributed by atoms with van der Waals surface area (Å²) in [7, 11) is 0. The van der Waals surface area contributed by atoms with Gasteiger partial charge in [0.15, 0.2) is 0 Å². The summed E-state index contributed by atoms with van der Waals surface area (Å²) in [6.07, 6.45) is 0. The van der Waals surface area contributed by atoms with Gasteiger partial charge in [-0.1, -0.05) is 24.3 Å². The normalized spacial score (nSPS) is 10.0. The molecule has 4 heteroatoms. The quantitative estimate of drug-likeness (QED) is 0.832. The van der Waals surface area contributed by atoms with Crippen LogP contribution >= 0.6 is 22.6 Å². The van der Waals surface area contributed by atoms with Gasteiger partial charge in [0.1, 0.15) is 5.75 Å². The molecule has 0 atom stereocenters. The van der Waals surface area contributed by atoms with Crippen LogP contribution in [0.1, 0.15) is 17.3 Å². The Morgan fingerprint density at radius 1 is 1.16 bits per heavy atom. The summed E-state index contributed by atoms with van der Waals surface area (Å²) in [5.41, 5.74) is 1.35. The number of hydrogen-bond donors (Lipinski definition) is 1. The maximum atomic E-state index is 12.2. The Hall–Kier alpha value is -1.56. The first-order valence-corrected chi connectivity index (χ1v) is 7.08. The summed E-state index contributed by atoms with van der Waals surface area (Å²) in [6, 6.07) is 14.9. The Labute approximate surface area is 126 Å². The van der Waals surface area contributed by atoms with Crippen molar-refractivity contribution in [3.8, 4) is 5.75 Å². The lowest BCUT2D eigenvalue weighted by Gasteiger charge is -2.11. The molecule has 0 heterocycles. The molecule has 0 saturated heterocycles. The third-order valence-electron chi connectivity index (χ3n) is 2.55. The van der Waals surface area contributed by atoms with Crippen molar-refractivity contribution < 1.29 is 9.53 Å². The Morgan fingerprint density at radius 3 is 2.58 bits per heavy atom. The van der Waals surface area contributed by atoms with Crippen molar-refractivity contribution in [3.63, 3.8) is 0 Å². The molecule has 0 radical (unpaired) electrons. The highest BCUT2D eigenvalue weighted by Gasteiger charge is 2.11. The van der Waals surface area contributed by atoms with E-state index in [0.717, 1.165) is 3.57 Å². The molecule has 0 aliphatic carbocycles. The minimum atomic E-state index is -0.128. The molecule has 2 aromatic rings. The summed E-state index contributed by atoms with van der Waals surface area (Å²) in [6.45, 7) is 2.48. The molecule has 2 rings (SSSR count). The number of benzene rings is 2. The third-order valence-corrected chi connectivity index (χ3v) is 3.49. The Morgan fingerprint density at radius 2 is 1.84 bits per heavy atom. The highest BCUT2D eigenvalue weighted by Crippen LogP contribution is 2.24. The third kappa shape index (κ3) is 3.47. The molecule has 0 unspecified atom stereocenters. The van der Waals surface area contributed by atoms with Gasteiger partial charge in [0, 0.05) is 3.57 Å². The number of nitrogens with one attached hydrogen (secondary N) is 1. The van der Waals surface area contributed by atoms with Crippen molar-refractivity contribution in [1.82, 2.24) is 0 Å². The number of rotatable bonds is 4. The second-order valence-electron chi connectivity index (χ2n) is 3.86. The van der Waals surface area contributed by atoms with Gasteiger partial charge < -0.3 is 10.1 Å². The van der Waals surface area contributed by atoms with Crippen molar-refractivity contribution in [3.05, 3.63) is 57.7 Å². The van der Waals surface area contributed by atoms with E-state index in [-0.39, 0.29) is 5.91 Å². The molecule has 1 amide bonds. The molecule has 0 bridgehead atoms. The van der Waals surface area contributed by atoms with E-state index in [4.69, 9.17) is 4.74 Å². The maximum Gasteiger partial charge on any atom is 0.256 e. The fraction of sp³-hybridized carbons (Fsp3) is 0.133. The average Bonchev–Trinajstić information content (AvgIpc) is 2.41. The lowest BCUT2D eigenvalue weighted by molar-refractivity contribution is 0.102. The first-order chi connectivity index (χ1) is 9.22. The molecular weight excluding hydrogens is 353 g/mol. The number of ether oxygens (including phenoxy) is 1. The number of carbonyl (C=O) groups is 1. The van der Waals surface area contributed by atoms with Crippen LogP contribution in [0.25, 0.3) is 0 Å². The number of anilines is 1. The van der Waals surface area contributed by atoms with E-state index in [0.29, 0.717) is 23.6 Å². The first-order valence-electron chi connectivity index (χ1n) is 6.00. The van der Waals surface area contributed by atoms with Crippen molar-refractivity contribution in [2.24, 2.45) is 0 Å². The Balaban J connectivity index is 2.22. The summed E-state index contributed by atoms with van der Waals surface area (Å²) in [4.78, 5) is 12.2. The molecular formula is C15H14INO2. The second kappa shape index (κ2) is 6.56. The van der Waals surface area contributed by atoms with Crippen LogP contribution < -0.4 is 10.1 Å². The number of carbonyl (C=O) groups excluding carboxylic acids is 1. The van der Waals surface area contributed by atoms with Crippen molar-refractivity contribution >= 4 is 34.2 Å². The van der Waals surface area contributed by atoms with Crippen LogP contribution in [0.2, 0.25) is 0 Å². The zero-order valence-corrected chi connectivity index (χ0v) is 12.7. The van der Waals surface area contributed by atoms with Crippen LogP contribution in [0.3, 0.4) is 0 Å². The van der Waals surface area contributed by atoms with Gasteiger partial charge in [-0.3, -0.25) is 4.79 Å². The van der Waals surface area contributed by atoms with Crippen LogP contribution in [-0.4, -0.2) is 12.5 Å². The molecule has 0 aliphatic rings. The Kier molecular flexibility index (Phi) is 4.79. The molecule has 0 fully saturated rings. The minimum Gasteiger partial charge on any atom is -0.492 e. The van der Waals surface area contributed by atoms with Crippen LogP contribution in [0.15, 0.2) is 48.5 Å². The summed E-state index contributed by atoms with van der Waals surface area (Å²) < 4.78 is 6.41. The molecule has 1 N–H and O–H groups in total. The Bertz CT molecular complexity index is 584. The van der Waals surface area contributed by atoms with E-state index < -0.39 is 0 Å². The zero-order chi connectivity index (χ0) is 13.7.